The van der Waals surface area contributed by atoms with Crippen molar-refractivity contribution in [1.29, 1.82) is 0 Å². The minimum Gasteiger partial charge on any atom is -0.457 e. The molecule has 0 unspecified atom stereocenters. The van der Waals surface area contributed by atoms with Crippen molar-refractivity contribution in [1.82, 2.24) is 19.1 Å². The molecule has 0 bridgehead atoms. The van der Waals surface area contributed by atoms with E-state index in [0.717, 1.165) is 35.4 Å². The van der Waals surface area contributed by atoms with Crippen molar-refractivity contribution in [2.75, 3.05) is 13.1 Å². The molecule has 1 saturated heterocycles. The molecule has 2 amide bonds. The Morgan fingerprint density at radius 1 is 1.03 bits per heavy atom. The third kappa shape index (κ3) is 4.20. The normalized spacial score (nSPS) is 13.9. The van der Waals surface area contributed by atoms with Crippen molar-refractivity contribution in [3.8, 4) is 34.6 Å². The van der Waals surface area contributed by atoms with Crippen LogP contribution in [-0.2, 0) is 11.8 Å². The van der Waals surface area contributed by atoms with Gasteiger partial charge in [0.25, 0.3) is 11.8 Å². The van der Waals surface area contributed by atoms with E-state index in [1.165, 1.54) is 0 Å². The van der Waals surface area contributed by atoms with E-state index in [1.807, 2.05) is 72.4 Å². The number of ether oxygens (including phenoxy) is 1. The molecule has 8 nitrogen and oxygen atoms in total. The number of imidazole rings is 1. The second kappa shape index (κ2) is 9.62. The number of aromatic nitrogens is 3. The molecule has 8 heteroatoms. The average molecular weight is 482 g/mol. The van der Waals surface area contributed by atoms with E-state index in [-0.39, 0.29) is 11.8 Å². The third-order valence-electron chi connectivity index (χ3n) is 6.65. The van der Waals surface area contributed by atoms with Gasteiger partial charge in [0.1, 0.15) is 17.1 Å². The molecule has 3 heterocycles. The Morgan fingerprint density at radius 2 is 1.69 bits per heavy atom. The first-order valence-electron chi connectivity index (χ1n) is 11.9. The Kier molecular flexibility index (Phi) is 6.21. The summed E-state index contributed by atoms with van der Waals surface area (Å²) >= 11 is 0. The van der Waals surface area contributed by atoms with E-state index in [4.69, 9.17) is 10.5 Å². The molecule has 0 saturated carbocycles. The lowest BCUT2D eigenvalue weighted by atomic mass is 9.91. The summed E-state index contributed by atoms with van der Waals surface area (Å²) in [7, 11) is 1.92. The van der Waals surface area contributed by atoms with E-state index in [0.29, 0.717) is 30.2 Å². The smallest absolute Gasteiger partial charge is 0.298 e. The maximum Gasteiger partial charge on any atom is 0.298 e. The third-order valence-corrected chi connectivity index (χ3v) is 6.65. The van der Waals surface area contributed by atoms with Gasteiger partial charge in [-0.15, -0.1) is 0 Å². The second-order valence-corrected chi connectivity index (χ2v) is 8.84. The highest BCUT2D eigenvalue weighted by Gasteiger charge is 2.29. The van der Waals surface area contributed by atoms with Gasteiger partial charge >= 0.3 is 0 Å². The summed E-state index contributed by atoms with van der Waals surface area (Å²) < 4.78 is 9.53. The van der Waals surface area contributed by atoms with Gasteiger partial charge in [0, 0.05) is 31.3 Å². The number of carbonyl (C=O) groups is 2. The van der Waals surface area contributed by atoms with Gasteiger partial charge in [-0.1, -0.05) is 24.1 Å². The summed E-state index contributed by atoms with van der Waals surface area (Å²) in [4.78, 5) is 26.5. The molecule has 1 aliphatic heterocycles. The van der Waals surface area contributed by atoms with Gasteiger partial charge in [-0.3, -0.25) is 9.59 Å². The van der Waals surface area contributed by atoms with Crippen molar-refractivity contribution in [3.05, 3.63) is 72.1 Å². The molecule has 0 atom stereocenters. The number of piperidine rings is 1. The molecule has 0 spiro atoms. The fraction of sp³-hybridized carbons (Fsp3) is 0.250. The van der Waals surface area contributed by atoms with Crippen LogP contribution in [-0.4, -0.2) is 44.0 Å². The van der Waals surface area contributed by atoms with E-state index < -0.39 is 5.91 Å². The predicted octanol–water partition coefficient (Wildman–Crippen LogP) is 3.96. The van der Waals surface area contributed by atoms with Crippen LogP contribution in [0.4, 0.5) is 0 Å². The van der Waals surface area contributed by atoms with Crippen LogP contribution in [0.25, 0.3) is 16.9 Å². The first-order chi connectivity index (χ1) is 17.5. The van der Waals surface area contributed by atoms with Gasteiger partial charge in [-0.25, -0.2) is 4.52 Å². The van der Waals surface area contributed by atoms with Crippen LogP contribution in [0, 0.1) is 11.8 Å². The molecule has 2 N–H and O–H groups in total. The number of fused-ring (bicyclic) bond motifs is 1. The first kappa shape index (κ1) is 23.2. The number of amides is 2. The molecule has 4 aromatic rings. The highest BCUT2D eigenvalue weighted by molar-refractivity contribution is 5.99. The van der Waals surface area contributed by atoms with E-state index >= 15 is 0 Å². The predicted molar refractivity (Wildman–Crippen MR) is 137 cm³/mol. The van der Waals surface area contributed by atoms with Gasteiger partial charge in [0.05, 0.1) is 11.9 Å². The van der Waals surface area contributed by atoms with Crippen LogP contribution in [0.15, 0.2) is 60.8 Å². The number of nitrogens with two attached hydrogens (primary N) is 1. The zero-order valence-corrected chi connectivity index (χ0v) is 20.3. The van der Waals surface area contributed by atoms with Gasteiger partial charge in [0.2, 0.25) is 0 Å². The number of hydrogen-bond donors (Lipinski definition) is 1. The summed E-state index contributed by atoms with van der Waals surface area (Å²) in [6.07, 6.45) is 3.42. The van der Waals surface area contributed by atoms with Crippen LogP contribution in [0.5, 0.6) is 11.5 Å². The summed E-state index contributed by atoms with van der Waals surface area (Å²) in [6.45, 7) is 2.94. The SMILES string of the molecule is CC#CC(=O)N1CCC(c2cnn3c(C(N)=O)c(-c4ccc(Oc5ccccc5)cc4)n(C)c23)CC1. The van der Waals surface area contributed by atoms with Crippen molar-refractivity contribution >= 4 is 17.5 Å². The summed E-state index contributed by atoms with van der Waals surface area (Å²) in [5.74, 6) is 6.27. The lowest BCUT2D eigenvalue weighted by molar-refractivity contribution is -0.126. The molecular weight excluding hydrogens is 454 g/mol. The number of para-hydroxylation sites is 1. The number of primary amides is 1. The monoisotopic (exact) mass is 481 g/mol. The van der Waals surface area contributed by atoms with Gasteiger partial charge in [-0.05, 0) is 68.0 Å². The highest BCUT2D eigenvalue weighted by Crippen LogP contribution is 2.36. The molecule has 5 rings (SSSR count). The number of likely N-dealkylation sites (tertiary alicyclic amines) is 1. The molecule has 1 fully saturated rings. The fourth-order valence-electron chi connectivity index (χ4n) is 4.94. The lowest BCUT2D eigenvalue weighted by Gasteiger charge is -2.30. The van der Waals surface area contributed by atoms with Gasteiger partial charge < -0.3 is 19.9 Å². The minimum atomic E-state index is -0.548. The summed E-state index contributed by atoms with van der Waals surface area (Å²) in [5, 5.41) is 4.55. The Hall–Kier alpha value is -4.51. The highest BCUT2D eigenvalue weighted by atomic mass is 16.5. The first-order valence-corrected chi connectivity index (χ1v) is 11.9. The Morgan fingerprint density at radius 3 is 2.33 bits per heavy atom. The van der Waals surface area contributed by atoms with Crippen molar-refractivity contribution in [3.63, 3.8) is 0 Å². The molecule has 0 aliphatic carbocycles. The number of aryl methyl sites for hydroxylation is 1. The quantitative estimate of drug-likeness (QED) is 0.437. The summed E-state index contributed by atoms with van der Waals surface area (Å²) in [5.41, 5.74) is 9.58. The topological polar surface area (TPSA) is 94.9 Å². The van der Waals surface area contributed by atoms with Gasteiger partial charge in [-0.2, -0.15) is 5.10 Å². The van der Waals surface area contributed by atoms with Crippen LogP contribution in [0.1, 0.15) is 41.7 Å². The molecule has 182 valence electrons. The molecule has 36 heavy (non-hydrogen) atoms. The van der Waals surface area contributed by atoms with Crippen LogP contribution in [0.2, 0.25) is 0 Å². The summed E-state index contributed by atoms with van der Waals surface area (Å²) in [6, 6.07) is 17.1. The minimum absolute atomic E-state index is 0.132. The number of hydrogen-bond acceptors (Lipinski definition) is 4. The second-order valence-electron chi connectivity index (χ2n) is 8.84. The zero-order valence-electron chi connectivity index (χ0n) is 20.3. The van der Waals surface area contributed by atoms with Crippen LogP contribution < -0.4 is 10.5 Å². The maximum atomic E-state index is 12.6. The average Bonchev–Trinajstić information content (AvgIpc) is 3.44. The molecular formula is C28H27N5O3. The van der Waals surface area contributed by atoms with E-state index in [2.05, 4.69) is 16.9 Å². The van der Waals surface area contributed by atoms with Crippen LogP contribution in [0.3, 0.4) is 0 Å². The van der Waals surface area contributed by atoms with E-state index in [1.54, 1.807) is 16.3 Å². The van der Waals surface area contributed by atoms with Gasteiger partial charge in [0.15, 0.2) is 5.69 Å². The molecule has 2 aromatic carbocycles. The number of carbonyl (C=O) groups excluding carboxylic acids is 2. The molecule has 2 aromatic heterocycles. The van der Waals surface area contributed by atoms with Crippen LogP contribution >= 0.6 is 0 Å². The number of rotatable bonds is 5. The van der Waals surface area contributed by atoms with Crippen molar-refractivity contribution in [2.24, 2.45) is 12.8 Å². The number of benzene rings is 2. The zero-order chi connectivity index (χ0) is 25.2. The van der Waals surface area contributed by atoms with Crippen molar-refractivity contribution < 1.29 is 14.3 Å². The fourth-order valence-corrected chi connectivity index (χ4v) is 4.94. The maximum absolute atomic E-state index is 12.6. The Balaban J connectivity index is 1.47. The lowest BCUT2D eigenvalue weighted by Crippen LogP contribution is -2.37. The van der Waals surface area contributed by atoms with Crippen molar-refractivity contribution in [2.45, 2.75) is 25.7 Å². The number of nitrogens with zero attached hydrogens (tertiary/aromatic N) is 4. The standard InChI is InChI=1S/C28H27N5O3/c1-3-7-24(34)32-16-14-19(15-17-32)23-18-30-33-26(27(29)35)25(31(2)28(23)33)20-10-12-22(13-11-20)36-21-8-5-4-6-9-21/h4-6,8-13,18-19H,14-17H2,1-2H3,(H2,29,35). The molecule has 1 aliphatic rings. The largest absolute Gasteiger partial charge is 0.457 e. The Bertz CT molecular complexity index is 1480. The Labute approximate surface area is 209 Å². The molecule has 0 radical (unpaired) electrons. The van der Waals surface area contributed by atoms with E-state index in [9.17, 15) is 9.59 Å².